The fourth-order valence-corrected chi connectivity index (χ4v) is 3.11. The molecule has 0 spiro atoms. The van der Waals surface area contributed by atoms with E-state index in [-0.39, 0.29) is 0 Å². The number of hydrogen-bond acceptors (Lipinski definition) is 2. The van der Waals surface area contributed by atoms with Crippen molar-refractivity contribution in [2.24, 2.45) is 0 Å². The average Bonchev–Trinajstić information content (AvgIpc) is 2.74. The smallest absolute Gasteiger partial charge is 0.0841 e. The maximum absolute atomic E-state index is 3.53. The zero-order chi connectivity index (χ0) is 10.8. The van der Waals surface area contributed by atoms with Crippen molar-refractivity contribution in [3.05, 3.63) is 65.7 Å². The average molecular weight is 227 g/mol. The van der Waals surface area contributed by atoms with Crippen LogP contribution in [0.3, 0.4) is 0 Å². The van der Waals surface area contributed by atoms with Crippen molar-refractivity contribution in [3.8, 4) is 0 Å². The van der Waals surface area contributed by atoms with Crippen molar-refractivity contribution >= 4 is 11.8 Å². The van der Waals surface area contributed by atoms with Gasteiger partial charge in [0.15, 0.2) is 0 Å². The fourth-order valence-electron chi connectivity index (χ4n) is 2.00. The molecule has 1 N–H and O–H groups in total. The van der Waals surface area contributed by atoms with Crippen molar-refractivity contribution in [1.82, 2.24) is 5.32 Å². The molecule has 0 aliphatic carbocycles. The first-order valence-corrected chi connectivity index (χ1v) is 6.34. The highest BCUT2D eigenvalue weighted by Crippen LogP contribution is 2.38. The highest BCUT2D eigenvalue weighted by atomic mass is 32.2. The van der Waals surface area contributed by atoms with E-state index in [0.29, 0.717) is 5.37 Å². The summed E-state index contributed by atoms with van der Waals surface area (Å²) in [7, 11) is 0. The van der Waals surface area contributed by atoms with Gasteiger partial charge in [0, 0.05) is 11.4 Å². The van der Waals surface area contributed by atoms with Gasteiger partial charge in [-0.2, -0.15) is 0 Å². The van der Waals surface area contributed by atoms with E-state index < -0.39 is 0 Å². The minimum Gasteiger partial charge on any atom is -0.297 e. The van der Waals surface area contributed by atoms with Gasteiger partial charge in [-0.3, -0.25) is 5.32 Å². The van der Waals surface area contributed by atoms with Crippen LogP contribution in [0.5, 0.6) is 0 Å². The molecule has 0 saturated heterocycles. The minimum atomic E-state index is 0.401. The molecule has 16 heavy (non-hydrogen) atoms. The molecule has 0 amide bonds. The molecule has 1 unspecified atom stereocenters. The molecule has 0 bridgehead atoms. The van der Waals surface area contributed by atoms with Crippen molar-refractivity contribution in [3.63, 3.8) is 0 Å². The van der Waals surface area contributed by atoms with Crippen LogP contribution in [0.4, 0.5) is 0 Å². The Kier molecular flexibility index (Phi) is 2.68. The largest absolute Gasteiger partial charge is 0.297 e. The van der Waals surface area contributed by atoms with E-state index in [0.717, 1.165) is 6.54 Å². The Bertz CT molecular complexity index is 481. The van der Waals surface area contributed by atoms with E-state index in [4.69, 9.17) is 0 Å². The summed E-state index contributed by atoms with van der Waals surface area (Å²) >= 11 is 1.88. The minimum absolute atomic E-state index is 0.401. The van der Waals surface area contributed by atoms with Crippen LogP contribution >= 0.6 is 11.8 Å². The number of benzene rings is 2. The molecule has 1 aliphatic heterocycles. The SMILES string of the molecule is c1ccc(SC2NCc3ccccc32)cc1. The van der Waals surface area contributed by atoms with Crippen LogP contribution in [0.2, 0.25) is 0 Å². The summed E-state index contributed by atoms with van der Waals surface area (Å²) in [6.45, 7) is 0.987. The number of thioether (sulfide) groups is 1. The molecule has 3 rings (SSSR count). The standard InChI is InChI=1S/C14H13NS/c1-2-7-12(8-3-1)16-14-13-9-5-4-6-11(13)10-15-14/h1-9,14-15H,10H2. The molecule has 0 saturated carbocycles. The van der Waals surface area contributed by atoms with Crippen LogP contribution in [0.15, 0.2) is 59.5 Å². The lowest BCUT2D eigenvalue weighted by atomic mass is 10.1. The van der Waals surface area contributed by atoms with Gasteiger partial charge >= 0.3 is 0 Å². The lowest BCUT2D eigenvalue weighted by Crippen LogP contribution is -2.07. The monoisotopic (exact) mass is 227 g/mol. The van der Waals surface area contributed by atoms with E-state index >= 15 is 0 Å². The summed E-state index contributed by atoms with van der Waals surface area (Å²) in [5.41, 5.74) is 2.85. The summed E-state index contributed by atoms with van der Waals surface area (Å²) in [6.07, 6.45) is 0. The molecule has 0 radical (unpaired) electrons. The molecule has 1 heterocycles. The molecule has 1 atom stereocenters. The third-order valence-electron chi connectivity index (χ3n) is 2.81. The molecule has 1 aliphatic rings. The summed E-state index contributed by atoms with van der Waals surface area (Å²) in [6, 6.07) is 19.2. The van der Waals surface area contributed by atoms with Crippen molar-refractivity contribution in [2.45, 2.75) is 16.8 Å². The second kappa shape index (κ2) is 4.32. The van der Waals surface area contributed by atoms with Gasteiger partial charge in [0.05, 0.1) is 5.37 Å². The molecule has 0 aromatic heterocycles. The second-order valence-electron chi connectivity index (χ2n) is 3.89. The van der Waals surface area contributed by atoms with Crippen LogP contribution in [0.25, 0.3) is 0 Å². The molecular weight excluding hydrogens is 214 g/mol. The normalized spacial score (nSPS) is 18.4. The third kappa shape index (κ3) is 1.86. The third-order valence-corrected chi connectivity index (χ3v) is 4.01. The van der Waals surface area contributed by atoms with E-state index in [9.17, 15) is 0 Å². The van der Waals surface area contributed by atoms with Gasteiger partial charge < -0.3 is 0 Å². The zero-order valence-corrected chi connectivity index (χ0v) is 9.71. The summed E-state index contributed by atoms with van der Waals surface area (Å²) in [4.78, 5) is 1.32. The van der Waals surface area contributed by atoms with E-state index in [1.54, 1.807) is 0 Å². The zero-order valence-electron chi connectivity index (χ0n) is 8.89. The van der Waals surface area contributed by atoms with Crippen molar-refractivity contribution in [1.29, 1.82) is 0 Å². The van der Waals surface area contributed by atoms with Crippen LogP contribution in [-0.4, -0.2) is 0 Å². The number of fused-ring (bicyclic) bond motifs is 1. The Labute approximate surface area is 99.9 Å². The van der Waals surface area contributed by atoms with Gasteiger partial charge in [-0.25, -0.2) is 0 Å². The van der Waals surface area contributed by atoms with Gasteiger partial charge in [0.25, 0.3) is 0 Å². The molecule has 2 aromatic carbocycles. The van der Waals surface area contributed by atoms with Gasteiger partial charge in [0.1, 0.15) is 0 Å². The first kappa shape index (κ1) is 9.94. The maximum Gasteiger partial charge on any atom is 0.0841 e. The molecule has 1 nitrogen and oxygen atoms in total. The molecule has 2 heteroatoms. The molecule has 0 fully saturated rings. The topological polar surface area (TPSA) is 12.0 Å². The van der Waals surface area contributed by atoms with E-state index in [2.05, 4.69) is 59.9 Å². The second-order valence-corrected chi connectivity index (χ2v) is 5.07. The maximum atomic E-state index is 3.53. The highest BCUT2D eigenvalue weighted by molar-refractivity contribution is 7.99. The Morgan fingerprint density at radius 2 is 1.69 bits per heavy atom. The molecule has 80 valence electrons. The molecule has 2 aromatic rings. The Morgan fingerprint density at radius 3 is 2.56 bits per heavy atom. The Morgan fingerprint density at radius 1 is 0.938 bits per heavy atom. The number of hydrogen-bond donors (Lipinski definition) is 1. The van der Waals surface area contributed by atoms with Crippen LogP contribution in [0.1, 0.15) is 16.5 Å². The quantitative estimate of drug-likeness (QED) is 0.841. The van der Waals surface area contributed by atoms with Gasteiger partial charge in [-0.15, -0.1) is 11.8 Å². The van der Waals surface area contributed by atoms with Gasteiger partial charge in [-0.05, 0) is 23.3 Å². The predicted octanol–water partition coefficient (Wildman–Crippen LogP) is 3.58. The van der Waals surface area contributed by atoms with Crippen molar-refractivity contribution in [2.75, 3.05) is 0 Å². The lowest BCUT2D eigenvalue weighted by Gasteiger charge is -2.11. The van der Waals surface area contributed by atoms with Crippen LogP contribution < -0.4 is 5.32 Å². The van der Waals surface area contributed by atoms with E-state index in [1.807, 2.05) is 11.8 Å². The Balaban J connectivity index is 1.84. The van der Waals surface area contributed by atoms with Crippen LogP contribution in [0, 0.1) is 0 Å². The van der Waals surface area contributed by atoms with Gasteiger partial charge in [0.2, 0.25) is 0 Å². The lowest BCUT2D eigenvalue weighted by molar-refractivity contribution is 0.747. The number of rotatable bonds is 2. The first-order valence-electron chi connectivity index (χ1n) is 5.46. The first-order chi connectivity index (χ1) is 7.93. The van der Waals surface area contributed by atoms with Gasteiger partial charge in [-0.1, -0.05) is 42.5 Å². The van der Waals surface area contributed by atoms with Crippen molar-refractivity contribution < 1.29 is 0 Å². The Hall–Kier alpha value is -1.25. The number of nitrogens with one attached hydrogen (secondary N) is 1. The summed E-state index contributed by atoms with van der Waals surface area (Å²) < 4.78 is 0. The highest BCUT2D eigenvalue weighted by Gasteiger charge is 2.21. The summed E-state index contributed by atoms with van der Waals surface area (Å²) in [5.74, 6) is 0. The van der Waals surface area contributed by atoms with E-state index in [1.165, 1.54) is 16.0 Å². The fraction of sp³-hybridized carbons (Fsp3) is 0.143. The predicted molar refractivity (Wildman–Crippen MR) is 68.3 cm³/mol. The van der Waals surface area contributed by atoms with Crippen LogP contribution in [-0.2, 0) is 6.54 Å². The summed E-state index contributed by atoms with van der Waals surface area (Å²) in [5, 5.41) is 3.93. The molecular formula is C14H13NS.